The van der Waals surface area contributed by atoms with Gasteiger partial charge in [-0.2, -0.15) is 13.2 Å². The summed E-state index contributed by atoms with van der Waals surface area (Å²) in [5, 5.41) is 11.3. The van der Waals surface area contributed by atoms with Crippen LogP contribution in [-0.4, -0.2) is 53.2 Å². The molecule has 5 nitrogen and oxygen atoms in total. The summed E-state index contributed by atoms with van der Waals surface area (Å²) in [6.45, 7) is 2.07. The predicted molar refractivity (Wildman–Crippen MR) is 102 cm³/mol. The van der Waals surface area contributed by atoms with Crippen molar-refractivity contribution in [2.24, 2.45) is 0 Å². The van der Waals surface area contributed by atoms with Crippen molar-refractivity contribution in [1.82, 2.24) is 10.2 Å². The third kappa shape index (κ3) is 5.22. The summed E-state index contributed by atoms with van der Waals surface area (Å²) in [6.07, 6.45) is 1.46. The normalized spacial score (nSPS) is 21.0. The Morgan fingerprint density at radius 1 is 1.03 bits per heavy atom. The first kappa shape index (κ1) is 21.9. The number of hydrogen-bond acceptors (Lipinski definition) is 3. The highest BCUT2D eigenvalue weighted by Gasteiger charge is 2.55. The summed E-state index contributed by atoms with van der Waals surface area (Å²) in [4.78, 5) is 24.5. The molecule has 2 aliphatic carbocycles. The van der Waals surface area contributed by atoms with Crippen molar-refractivity contribution in [1.29, 1.82) is 0 Å². The summed E-state index contributed by atoms with van der Waals surface area (Å²) in [7, 11) is 0. The van der Waals surface area contributed by atoms with Crippen LogP contribution in [0.15, 0.2) is 24.3 Å². The van der Waals surface area contributed by atoms with Gasteiger partial charge in [-0.3, -0.25) is 4.79 Å². The number of carboxylic acids is 1. The Labute approximate surface area is 172 Å². The summed E-state index contributed by atoms with van der Waals surface area (Å²) in [6, 6.07) is 8.85. The van der Waals surface area contributed by atoms with E-state index in [0.29, 0.717) is 18.0 Å². The lowest BCUT2D eigenvalue weighted by molar-refractivity contribution is -0.192. The molecular weight excluding hydrogens is 409 g/mol. The fourth-order valence-corrected chi connectivity index (χ4v) is 3.96. The summed E-state index contributed by atoms with van der Waals surface area (Å²) in [5.74, 6) is -2.38. The standard InChI is InChI=1S/C18H23ClN2O.C2HF3O2/c19-14-3-1-13(2-4-14)18(9-10-18)17(22)21(15-5-6-15)16-7-11-20-12-8-16;3-2(4,5)1(6)7/h1-4,15-16,20H,5-12H2;(H,6,7). The number of piperidine rings is 1. The van der Waals surface area contributed by atoms with Crippen molar-refractivity contribution < 1.29 is 27.9 Å². The smallest absolute Gasteiger partial charge is 0.475 e. The van der Waals surface area contributed by atoms with Gasteiger partial charge >= 0.3 is 12.1 Å². The Bertz CT molecular complexity index is 740. The molecule has 3 fully saturated rings. The molecular formula is C20H24ClF3N2O3. The molecule has 1 saturated heterocycles. The average Bonchev–Trinajstić information content (AvgIpc) is 3.58. The van der Waals surface area contributed by atoms with E-state index in [4.69, 9.17) is 21.5 Å². The Balaban J connectivity index is 0.000000298. The first-order valence-electron chi connectivity index (χ1n) is 9.75. The molecule has 2 N–H and O–H groups in total. The van der Waals surface area contributed by atoms with Gasteiger partial charge < -0.3 is 15.3 Å². The molecule has 1 aliphatic heterocycles. The number of benzene rings is 1. The van der Waals surface area contributed by atoms with Gasteiger partial charge in [0.1, 0.15) is 0 Å². The average molecular weight is 433 g/mol. The van der Waals surface area contributed by atoms with Gasteiger partial charge in [0, 0.05) is 17.1 Å². The number of carbonyl (C=O) groups excluding carboxylic acids is 1. The number of nitrogens with zero attached hydrogens (tertiary/aromatic N) is 1. The van der Waals surface area contributed by atoms with Crippen molar-refractivity contribution in [3.63, 3.8) is 0 Å². The van der Waals surface area contributed by atoms with Gasteiger partial charge in [-0.05, 0) is 69.3 Å². The molecule has 0 aromatic heterocycles. The highest BCUT2D eigenvalue weighted by Crippen LogP contribution is 2.51. The monoisotopic (exact) mass is 432 g/mol. The number of alkyl halides is 3. The fourth-order valence-electron chi connectivity index (χ4n) is 3.83. The van der Waals surface area contributed by atoms with Crippen LogP contribution in [0.4, 0.5) is 13.2 Å². The number of rotatable bonds is 4. The minimum Gasteiger partial charge on any atom is -0.475 e. The van der Waals surface area contributed by atoms with E-state index in [0.717, 1.165) is 49.4 Å². The van der Waals surface area contributed by atoms with Crippen molar-refractivity contribution in [2.45, 2.75) is 62.2 Å². The van der Waals surface area contributed by atoms with Crippen LogP contribution in [0.2, 0.25) is 5.02 Å². The van der Waals surface area contributed by atoms with E-state index in [1.54, 1.807) is 0 Å². The van der Waals surface area contributed by atoms with Gasteiger partial charge in [0.05, 0.1) is 5.41 Å². The maximum atomic E-state index is 13.4. The van der Waals surface area contributed by atoms with Gasteiger partial charge in [0.15, 0.2) is 0 Å². The van der Waals surface area contributed by atoms with Crippen LogP contribution in [0.3, 0.4) is 0 Å². The maximum Gasteiger partial charge on any atom is 0.490 e. The predicted octanol–water partition coefficient (Wildman–Crippen LogP) is 3.75. The second-order valence-corrected chi connectivity index (χ2v) is 8.25. The second-order valence-electron chi connectivity index (χ2n) is 7.82. The summed E-state index contributed by atoms with van der Waals surface area (Å²) >= 11 is 6.00. The molecule has 0 radical (unpaired) electrons. The summed E-state index contributed by atoms with van der Waals surface area (Å²) < 4.78 is 31.7. The van der Waals surface area contributed by atoms with Crippen LogP contribution >= 0.6 is 11.6 Å². The summed E-state index contributed by atoms with van der Waals surface area (Å²) in [5.41, 5.74) is 0.902. The molecule has 1 heterocycles. The van der Waals surface area contributed by atoms with Crippen LogP contribution in [-0.2, 0) is 15.0 Å². The molecule has 1 aromatic rings. The fraction of sp³-hybridized carbons (Fsp3) is 0.600. The highest BCUT2D eigenvalue weighted by atomic mass is 35.5. The van der Waals surface area contributed by atoms with E-state index in [1.165, 1.54) is 12.8 Å². The molecule has 0 spiro atoms. The Morgan fingerprint density at radius 2 is 1.52 bits per heavy atom. The van der Waals surface area contributed by atoms with Crippen molar-refractivity contribution in [3.05, 3.63) is 34.9 Å². The van der Waals surface area contributed by atoms with E-state index >= 15 is 0 Å². The number of hydrogen-bond donors (Lipinski definition) is 2. The van der Waals surface area contributed by atoms with Crippen molar-refractivity contribution >= 4 is 23.5 Å². The molecule has 160 valence electrons. The molecule has 3 aliphatic rings. The zero-order chi connectivity index (χ0) is 21.2. The van der Waals surface area contributed by atoms with E-state index in [1.807, 2.05) is 24.3 Å². The molecule has 1 aromatic carbocycles. The molecule has 9 heteroatoms. The molecule has 0 atom stereocenters. The minimum atomic E-state index is -5.08. The van der Waals surface area contributed by atoms with Crippen LogP contribution in [0, 0.1) is 0 Å². The van der Waals surface area contributed by atoms with Gasteiger partial charge in [0.25, 0.3) is 0 Å². The number of nitrogens with one attached hydrogen (secondary N) is 1. The molecule has 0 bridgehead atoms. The lowest BCUT2D eigenvalue weighted by Gasteiger charge is -2.37. The second kappa shape index (κ2) is 8.52. The highest BCUT2D eigenvalue weighted by molar-refractivity contribution is 6.30. The zero-order valence-corrected chi connectivity index (χ0v) is 16.6. The van der Waals surface area contributed by atoms with Crippen molar-refractivity contribution in [3.8, 4) is 0 Å². The molecule has 4 rings (SSSR count). The maximum absolute atomic E-state index is 13.4. The number of aliphatic carboxylic acids is 1. The Kier molecular flexibility index (Phi) is 6.43. The molecule has 1 amide bonds. The molecule has 29 heavy (non-hydrogen) atoms. The first-order chi connectivity index (χ1) is 13.6. The lowest BCUT2D eigenvalue weighted by Crippen LogP contribution is -2.50. The molecule has 0 unspecified atom stereocenters. The Morgan fingerprint density at radius 3 is 1.93 bits per heavy atom. The third-order valence-electron chi connectivity index (χ3n) is 5.68. The number of halogens is 4. The number of carboxylic acid groups (broad SMARTS) is 1. The topological polar surface area (TPSA) is 69.6 Å². The van der Waals surface area contributed by atoms with E-state index in [9.17, 15) is 18.0 Å². The molecule has 2 saturated carbocycles. The van der Waals surface area contributed by atoms with Crippen molar-refractivity contribution in [2.75, 3.05) is 13.1 Å². The van der Waals surface area contributed by atoms with Gasteiger partial charge in [0.2, 0.25) is 5.91 Å². The van der Waals surface area contributed by atoms with Crippen LogP contribution in [0.1, 0.15) is 44.1 Å². The van der Waals surface area contributed by atoms with Gasteiger partial charge in [-0.1, -0.05) is 23.7 Å². The quantitative estimate of drug-likeness (QED) is 0.760. The SMILES string of the molecule is O=C(N(C1CCNCC1)C1CC1)C1(c2ccc(Cl)cc2)CC1.O=C(O)C(F)(F)F. The first-order valence-corrected chi connectivity index (χ1v) is 10.1. The zero-order valence-electron chi connectivity index (χ0n) is 15.8. The van der Waals surface area contributed by atoms with Crippen LogP contribution in [0.5, 0.6) is 0 Å². The van der Waals surface area contributed by atoms with Gasteiger partial charge in [-0.15, -0.1) is 0 Å². The number of carbonyl (C=O) groups is 2. The minimum absolute atomic E-state index is 0.252. The number of amides is 1. The van der Waals surface area contributed by atoms with Crippen LogP contribution in [0.25, 0.3) is 0 Å². The van der Waals surface area contributed by atoms with E-state index < -0.39 is 12.1 Å². The lowest BCUT2D eigenvalue weighted by atomic mass is 9.92. The van der Waals surface area contributed by atoms with E-state index in [-0.39, 0.29) is 5.41 Å². The van der Waals surface area contributed by atoms with Gasteiger partial charge in [-0.25, -0.2) is 4.79 Å². The largest absolute Gasteiger partial charge is 0.490 e. The van der Waals surface area contributed by atoms with Crippen LogP contribution < -0.4 is 5.32 Å². The Hall–Kier alpha value is -1.80. The third-order valence-corrected chi connectivity index (χ3v) is 5.93. The van der Waals surface area contributed by atoms with E-state index in [2.05, 4.69) is 10.2 Å².